The predicted octanol–water partition coefficient (Wildman–Crippen LogP) is 3.36. The van der Waals surface area contributed by atoms with E-state index in [2.05, 4.69) is 36.5 Å². The Morgan fingerprint density at radius 3 is 2.93 bits per heavy atom. The molecule has 1 spiro atoms. The summed E-state index contributed by atoms with van der Waals surface area (Å²) in [5, 5.41) is 40.3. The van der Waals surface area contributed by atoms with Crippen LogP contribution in [0.25, 0.3) is 10.9 Å². The molecule has 5 aliphatic rings. The van der Waals surface area contributed by atoms with E-state index in [0.29, 0.717) is 24.7 Å². The molecular formula is C33H39N7O3. The summed E-state index contributed by atoms with van der Waals surface area (Å²) in [4.78, 5) is 12.9. The molecule has 4 atom stereocenters. The number of rotatable bonds is 7. The number of fused-ring (bicyclic) bond motifs is 4. The number of nitrogens with one attached hydrogen (secondary N) is 3. The zero-order valence-electron chi connectivity index (χ0n) is 24.8. The average molecular weight is 582 g/mol. The first-order chi connectivity index (χ1) is 20.8. The summed E-state index contributed by atoms with van der Waals surface area (Å²) in [7, 11) is 4.06. The topological polar surface area (TPSA) is 132 Å². The van der Waals surface area contributed by atoms with Gasteiger partial charge in [0.25, 0.3) is 0 Å². The van der Waals surface area contributed by atoms with E-state index in [1.807, 2.05) is 38.5 Å². The zero-order valence-corrected chi connectivity index (χ0v) is 24.8. The van der Waals surface area contributed by atoms with Gasteiger partial charge in [-0.25, -0.2) is 0 Å². The maximum Gasteiger partial charge on any atom is 0.209 e. The number of phenols is 1. The van der Waals surface area contributed by atoms with Crippen molar-refractivity contribution in [1.29, 1.82) is 5.26 Å². The number of aliphatic hydroxyl groups is 1. The molecule has 1 aromatic heterocycles. The Morgan fingerprint density at radius 1 is 1.28 bits per heavy atom. The number of aromatic amines is 1. The van der Waals surface area contributed by atoms with Gasteiger partial charge in [0.15, 0.2) is 23.8 Å². The SMILES string of the molecule is CN(C)CCCN=C(NC#N)Nc1ccc2[nH]c3c(c2c1)C[C@@]1(O)[C@H]2Cc4ccc(O)c5c4[C@@]1(CCN2CC1CC1)[C@H]3O5. The lowest BCUT2D eigenvalue weighted by Gasteiger charge is -2.62. The fourth-order valence-corrected chi connectivity index (χ4v) is 8.58. The summed E-state index contributed by atoms with van der Waals surface area (Å²) >= 11 is 0. The summed E-state index contributed by atoms with van der Waals surface area (Å²) in [6.45, 7) is 3.47. The lowest BCUT2D eigenvalue weighted by Crippen LogP contribution is -2.74. The highest BCUT2D eigenvalue weighted by Gasteiger charge is 2.72. The van der Waals surface area contributed by atoms with Crippen molar-refractivity contribution < 1.29 is 14.9 Å². The minimum Gasteiger partial charge on any atom is -0.504 e. The first-order valence-electron chi connectivity index (χ1n) is 15.6. The van der Waals surface area contributed by atoms with Crippen LogP contribution >= 0.6 is 0 Å². The fraction of sp³-hybridized carbons (Fsp3) is 0.515. The second kappa shape index (κ2) is 9.61. The smallest absolute Gasteiger partial charge is 0.209 e. The number of anilines is 1. The molecule has 2 bridgehead atoms. The van der Waals surface area contributed by atoms with Gasteiger partial charge in [-0.15, -0.1) is 0 Å². The Bertz CT molecular complexity index is 1690. The highest BCUT2D eigenvalue weighted by Crippen LogP contribution is 2.69. The molecular weight excluding hydrogens is 542 g/mol. The number of H-pyrrole nitrogens is 1. The Kier molecular flexibility index (Phi) is 5.99. The third kappa shape index (κ3) is 3.91. The molecule has 0 unspecified atom stereocenters. The first-order valence-corrected chi connectivity index (χ1v) is 15.6. The molecule has 5 N–H and O–H groups in total. The third-order valence-corrected chi connectivity index (χ3v) is 10.6. The highest BCUT2D eigenvalue weighted by molar-refractivity contribution is 5.97. The molecule has 224 valence electrons. The van der Waals surface area contributed by atoms with Gasteiger partial charge in [-0.2, -0.15) is 5.26 Å². The number of benzene rings is 2. The molecule has 43 heavy (non-hydrogen) atoms. The van der Waals surface area contributed by atoms with Crippen LogP contribution in [0, 0.1) is 17.4 Å². The molecule has 2 aromatic carbocycles. The van der Waals surface area contributed by atoms with Gasteiger partial charge in [-0.05, 0) is 101 Å². The van der Waals surface area contributed by atoms with Gasteiger partial charge >= 0.3 is 0 Å². The number of piperidine rings is 1. The summed E-state index contributed by atoms with van der Waals surface area (Å²) in [5.74, 6) is 1.83. The molecule has 10 heteroatoms. The van der Waals surface area contributed by atoms with Gasteiger partial charge in [0.1, 0.15) is 0 Å². The lowest BCUT2D eigenvalue weighted by molar-refractivity contribution is -0.173. The van der Waals surface area contributed by atoms with E-state index in [4.69, 9.17) is 4.74 Å². The number of nitriles is 1. The molecule has 3 aromatic rings. The number of aromatic hydroxyl groups is 1. The van der Waals surface area contributed by atoms with Crippen LogP contribution in [0.15, 0.2) is 35.3 Å². The van der Waals surface area contributed by atoms with Crippen LogP contribution in [0.2, 0.25) is 0 Å². The van der Waals surface area contributed by atoms with Crippen molar-refractivity contribution in [2.45, 2.75) is 61.7 Å². The first kappa shape index (κ1) is 26.8. The Morgan fingerprint density at radius 2 is 2.14 bits per heavy atom. The van der Waals surface area contributed by atoms with E-state index in [9.17, 15) is 15.5 Å². The number of guanidine groups is 1. The molecule has 1 saturated carbocycles. The Labute approximate surface area is 251 Å². The van der Waals surface area contributed by atoms with Gasteiger partial charge in [0.05, 0.1) is 16.7 Å². The molecule has 10 nitrogen and oxygen atoms in total. The molecule has 0 amide bonds. The van der Waals surface area contributed by atoms with E-state index in [1.165, 1.54) is 18.4 Å². The molecule has 0 radical (unpaired) electrons. The van der Waals surface area contributed by atoms with Crippen LogP contribution in [-0.2, 0) is 18.3 Å². The number of aromatic nitrogens is 1. The number of aliphatic imine (C=N–C) groups is 1. The van der Waals surface area contributed by atoms with Crippen molar-refractivity contribution in [2.75, 3.05) is 45.6 Å². The summed E-state index contributed by atoms with van der Waals surface area (Å²) in [6.07, 6.45) is 7.06. The van der Waals surface area contributed by atoms with Crippen molar-refractivity contribution in [3.63, 3.8) is 0 Å². The van der Waals surface area contributed by atoms with Crippen LogP contribution in [0.5, 0.6) is 11.5 Å². The van der Waals surface area contributed by atoms with Crippen LogP contribution in [0.3, 0.4) is 0 Å². The van der Waals surface area contributed by atoms with Crippen molar-refractivity contribution in [1.82, 2.24) is 20.1 Å². The summed E-state index contributed by atoms with van der Waals surface area (Å²) in [5.41, 5.74) is 4.40. The van der Waals surface area contributed by atoms with Crippen LogP contribution in [0.4, 0.5) is 5.69 Å². The zero-order chi connectivity index (χ0) is 29.5. The summed E-state index contributed by atoms with van der Waals surface area (Å²) in [6, 6.07) is 9.87. The van der Waals surface area contributed by atoms with E-state index in [-0.39, 0.29) is 11.8 Å². The number of hydrogen-bond donors (Lipinski definition) is 5. The number of nitrogens with zero attached hydrogens (tertiary/aromatic N) is 4. The monoisotopic (exact) mass is 581 g/mol. The second-order valence-electron chi connectivity index (χ2n) is 13.5. The van der Waals surface area contributed by atoms with Crippen molar-refractivity contribution in [3.05, 3.63) is 52.7 Å². The van der Waals surface area contributed by atoms with Gasteiger partial charge in [-0.3, -0.25) is 15.2 Å². The van der Waals surface area contributed by atoms with Crippen LogP contribution in [0.1, 0.15) is 54.2 Å². The van der Waals surface area contributed by atoms with Crippen molar-refractivity contribution in [2.24, 2.45) is 10.9 Å². The van der Waals surface area contributed by atoms with Gasteiger partial charge in [-0.1, -0.05) is 6.07 Å². The number of hydrogen-bond acceptors (Lipinski definition) is 7. The predicted molar refractivity (Wildman–Crippen MR) is 164 cm³/mol. The van der Waals surface area contributed by atoms with Crippen molar-refractivity contribution in [3.8, 4) is 17.7 Å². The minimum absolute atomic E-state index is 0.0175. The quantitative estimate of drug-likeness (QED) is 0.0944. The van der Waals surface area contributed by atoms with Gasteiger partial charge in [0, 0.05) is 47.7 Å². The van der Waals surface area contributed by atoms with Crippen LogP contribution in [-0.4, -0.2) is 82.9 Å². The maximum atomic E-state index is 13.1. The largest absolute Gasteiger partial charge is 0.504 e. The third-order valence-electron chi connectivity index (χ3n) is 10.6. The normalized spacial score (nSPS) is 28.8. The average Bonchev–Trinajstić information content (AvgIpc) is 3.62. The fourth-order valence-electron chi connectivity index (χ4n) is 8.58. The molecule has 1 saturated heterocycles. The molecule has 8 rings (SSSR count). The summed E-state index contributed by atoms with van der Waals surface area (Å²) < 4.78 is 6.71. The lowest BCUT2D eigenvalue weighted by atomic mass is 9.49. The number of phenolic OH excluding ortho intramolecular Hbond substituents is 1. The number of likely N-dealkylation sites (tertiary alicyclic amines) is 1. The van der Waals surface area contributed by atoms with E-state index >= 15 is 0 Å². The minimum atomic E-state index is -1.04. The maximum absolute atomic E-state index is 13.1. The molecule has 2 fully saturated rings. The second-order valence-corrected chi connectivity index (χ2v) is 13.5. The molecule has 3 aliphatic carbocycles. The number of ether oxygens (including phenoxy) is 1. The van der Waals surface area contributed by atoms with E-state index < -0.39 is 17.1 Å². The standard InChI is InChI=1S/C33H39N7O3/c1-39(2)12-3-11-35-31(36-18-34)37-21-7-8-24-22(15-21)23-16-33(42)26-14-20-6-9-25(41)29-27(20)32(33,30(43-29)28(23)38-24)10-13-40(26)17-19-4-5-19/h6-9,15,19,26,30,38,41-42H,3-5,10-14,16-17H2,1-2H3,(H2,35,36,37)/t26-,30+,32+,33-/m1/s1. The van der Waals surface area contributed by atoms with Gasteiger partial charge < -0.3 is 30.2 Å². The van der Waals surface area contributed by atoms with E-state index in [1.54, 1.807) is 6.07 Å². The van der Waals surface area contributed by atoms with Crippen LogP contribution < -0.4 is 15.4 Å². The highest BCUT2D eigenvalue weighted by atomic mass is 16.5. The van der Waals surface area contributed by atoms with E-state index in [0.717, 1.165) is 78.2 Å². The molecule has 2 aliphatic heterocycles. The Hall–Kier alpha value is -3.78. The van der Waals surface area contributed by atoms with Crippen molar-refractivity contribution >= 4 is 22.5 Å². The van der Waals surface area contributed by atoms with Gasteiger partial charge in [0.2, 0.25) is 5.96 Å². The molecule has 3 heterocycles. The Balaban J connectivity index is 1.20.